The zero-order chi connectivity index (χ0) is 12.1. The Labute approximate surface area is 101 Å². The van der Waals surface area contributed by atoms with E-state index in [4.69, 9.17) is 5.11 Å². The van der Waals surface area contributed by atoms with Crippen LogP contribution in [-0.2, 0) is 11.3 Å². The Morgan fingerprint density at radius 3 is 2.76 bits per heavy atom. The van der Waals surface area contributed by atoms with E-state index >= 15 is 0 Å². The van der Waals surface area contributed by atoms with Gasteiger partial charge in [-0.1, -0.05) is 18.6 Å². The fraction of sp³-hybridized carbons (Fsp3) is 0.462. The van der Waals surface area contributed by atoms with Gasteiger partial charge in [0, 0.05) is 6.54 Å². The molecular formula is C13H18N2O2. The summed E-state index contributed by atoms with van der Waals surface area (Å²) in [7, 11) is 0. The maximum Gasteiger partial charge on any atom is 0.237 e. The second-order valence-corrected chi connectivity index (χ2v) is 4.39. The summed E-state index contributed by atoms with van der Waals surface area (Å²) in [6.07, 6.45) is 3.19. The maximum absolute atomic E-state index is 11.8. The number of carbonyl (C=O) groups excluding carboxylic acids is 1. The zero-order valence-corrected chi connectivity index (χ0v) is 9.78. The van der Waals surface area contributed by atoms with Gasteiger partial charge in [0.15, 0.2) is 0 Å². The molecule has 1 aromatic carbocycles. The van der Waals surface area contributed by atoms with Crippen molar-refractivity contribution in [2.45, 2.75) is 31.8 Å². The number of benzene rings is 1. The highest BCUT2D eigenvalue weighted by molar-refractivity contribution is 5.81. The van der Waals surface area contributed by atoms with E-state index in [2.05, 4.69) is 10.6 Å². The van der Waals surface area contributed by atoms with Gasteiger partial charge in [0.1, 0.15) is 5.75 Å². The first-order valence-electron chi connectivity index (χ1n) is 6.05. The number of nitrogens with one attached hydrogen (secondary N) is 2. The lowest BCUT2D eigenvalue weighted by molar-refractivity contribution is -0.123. The maximum atomic E-state index is 11.8. The molecule has 1 saturated heterocycles. The van der Waals surface area contributed by atoms with Crippen molar-refractivity contribution in [3.05, 3.63) is 29.8 Å². The van der Waals surface area contributed by atoms with E-state index in [0.29, 0.717) is 6.54 Å². The molecule has 1 fully saturated rings. The lowest BCUT2D eigenvalue weighted by Crippen LogP contribution is -2.46. The van der Waals surface area contributed by atoms with Crippen LogP contribution in [0.5, 0.6) is 5.75 Å². The Hall–Kier alpha value is -1.55. The van der Waals surface area contributed by atoms with Crippen molar-refractivity contribution < 1.29 is 9.90 Å². The normalized spacial score (nSPS) is 19.9. The lowest BCUT2D eigenvalue weighted by atomic mass is 10.0. The molecule has 0 aromatic heterocycles. The van der Waals surface area contributed by atoms with Crippen LogP contribution in [0.4, 0.5) is 0 Å². The molecular weight excluding hydrogens is 216 g/mol. The van der Waals surface area contributed by atoms with Crippen molar-refractivity contribution in [3.63, 3.8) is 0 Å². The molecule has 4 heteroatoms. The third-order valence-electron chi connectivity index (χ3n) is 3.03. The molecule has 17 heavy (non-hydrogen) atoms. The number of phenolic OH excluding ortho intramolecular Hbond substituents is 1. The van der Waals surface area contributed by atoms with E-state index in [1.54, 1.807) is 12.1 Å². The molecule has 1 atom stereocenters. The van der Waals surface area contributed by atoms with Gasteiger partial charge in [0.2, 0.25) is 5.91 Å². The van der Waals surface area contributed by atoms with E-state index in [0.717, 1.165) is 31.4 Å². The Bertz CT molecular complexity index is 370. The molecule has 0 aliphatic carbocycles. The molecule has 0 bridgehead atoms. The molecule has 1 aliphatic heterocycles. The quantitative estimate of drug-likeness (QED) is 0.735. The first-order chi connectivity index (χ1) is 8.25. The molecule has 92 valence electrons. The predicted molar refractivity (Wildman–Crippen MR) is 65.6 cm³/mol. The number of amides is 1. The van der Waals surface area contributed by atoms with E-state index in [1.807, 2.05) is 12.1 Å². The number of hydrogen-bond acceptors (Lipinski definition) is 3. The number of phenols is 1. The predicted octanol–water partition coefficient (Wildman–Crippen LogP) is 1.15. The van der Waals surface area contributed by atoms with Crippen molar-refractivity contribution in [3.8, 4) is 5.75 Å². The first-order valence-corrected chi connectivity index (χ1v) is 6.05. The minimum Gasteiger partial charge on any atom is -0.508 e. The molecule has 2 rings (SSSR count). The number of carbonyl (C=O) groups is 1. The van der Waals surface area contributed by atoms with Crippen LogP contribution in [0, 0.1) is 0 Å². The van der Waals surface area contributed by atoms with Crippen molar-refractivity contribution in [2.75, 3.05) is 6.54 Å². The van der Waals surface area contributed by atoms with E-state index in [9.17, 15) is 4.79 Å². The standard InChI is InChI=1S/C13H18N2O2/c16-11-6-4-10(5-7-11)9-15-13(17)12-3-1-2-8-14-12/h4-7,12,14,16H,1-3,8-9H2,(H,15,17)/t12-/m1/s1. The van der Waals surface area contributed by atoms with E-state index in [1.165, 1.54) is 0 Å². The molecule has 0 saturated carbocycles. The van der Waals surface area contributed by atoms with Crippen LogP contribution in [0.15, 0.2) is 24.3 Å². The highest BCUT2D eigenvalue weighted by atomic mass is 16.3. The highest BCUT2D eigenvalue weighted by Crippen LogP contribution is 2.10. The smallest absolute Gasteiger partial charge is 0.237 e. The van der Waals surface area contributed by atoms with Crippen LogP contribution >= 0.6 is 0 Å². The van der Waals surface area contributed by atoms with Crippen LogP contribution < -0.4 is 10.6 Å². The van der Waals surface area contributed by atoms with Gasteiger partial charge in [-0.2, -0.15) is 0 Å². The van der Waals surface area contributed by atoms with Gasteiger partial charge in [0.25, 0.3) is 0 Å². The molecule has 0 spiro atoms. The van der Waals surface area contributed by atoms with Crippen LogP contribution in [0.25, 0.3) is 0 Å². The second kappa shape index (κ2) is 5.68. The van der Waals surface area contributed by atoms with E-state index < -0.39 is 0 Å². The topological polar surface area (TPSA) is 61.4 Å². The van der Waals surface area contributed by atoms with Crippen molar-refractivity contribution in [1.82, 2.24) is 10.6 Å². The van der Waals surface area contributed by atoms with Gasteiger partial charge in [0.05, 0.1) is 6.04 Å². The highest BCUT2D eigenvalue weighted by Gasteiger charge is 2.19. The number of hydrogen-bond donors (Lipinski definition) is 3. The molecule has 1 aromatic rings. The van der Waals surface area contributed by atoms with Gasteiger partial charge < -0.3 is 15.7 Å². The summed E-state index contributed by atoms with van der Waals surface area (Å²) in [5, 5.41) is 15.3. The molecule has 3 N–H and O–H groups in total. The van der Waals surface area contributed by atoms with Crippen molar-refractivity contribution >= 4 is 5.91 Å². The van der Waals surface area contributed by atoms with Gasteiger partial charge >= 0.3 is 0 Å². The average molecular weight is 234 g/mol. The second-order valence-electron chi connectivity index (χ2n) is 4.39. The molecule has 0 unspecified atom stereocenters. The van der Waals surface area contributed by atoms with Crippen LogP contribution in [0.3, 0.4) is 0 Å². The van der Waals surface area contributed by atoms with Crippen LogP contribution in [0.1, 0.15) is 24.8 Å². The summed E-state index contributed by atoms with van der Waals surface area (Å²) < 4.78 is 0. The summed E-state index contributed by atoms with van der Waals surface area (Å²) in [5.41, 5.74) is 0.993. The third kappa shape index (κ3) is 3.46. The lowest BCUT2D eigenvalue weighted by Gasteiger charge is -2.22. The minimum atomic E-state index is -0.0409. The molecule has 1 aliphatic rings. The first kappa shape index (κ1) is 11.9. The fourth-order valence-electron chi connectivity index (χ4n) is 2.00. The van der Waals surface area contributed by atoms with Gasteiger partial charge in [-0.3, -0.25) is 4.79 Å². The van der Waals surface area contributed by atoms with Crippen LogP contribution in [0.2, 0.25) is 0 Å². The van der Waals surface area contributed by atoms with Crippen molar-refractivity contribution in [1.29, 1.82) is 0 Å². The van der Waals surface area contributed by atoms with Crippen LogP contribution in [-0.4, -0.2) is 23.6 Å². The van der Waals surface area contributed by atoms with E-state index in [-0.39, 0.29) is 17.7 Å². The largest absolute Gasteiger partial charge is 0.508 e. The monoisotopic (exact) mass is 234 g/mol. The Kier molecular flexibility index (Phi) is 3.98. The zero-order valence-electron chi connectivity index (χ0n) is 9.78. The molecule has 1 heterocycles. The number of piperidine rings is 1. The van der Waals surface area contributed by atoms with Gasteiger partial charge in [-0.15, -0.1) is 0 Å². The Morgan fingerprint density at radius 2 is 2.12 bits per heavy atom. The minimum absolute atomic E-state index is 0.0409. The Morgan fingerprint density at radius 1 is 1.35 bits per heavy atom. The summed E-state index contributed by atoms with van der Waals surface area (Å²) >= 11 is 0. The fourth-order valence-corrected chi connectivity index (χ4v) is 2.00. The SMILES string of the molecule is O=C(NCc1ccc(O)cc1)[C@H]1CCCCN1. The summed E-state index contributed by atoms with van der Waals surface area (Å²) in [4.78, 5) is 11.8. The third-order valence-corrected chi connectivity index (χ3v) is 3.03. The van der Waals surface area contributed by atoms with Crippen molar-refractivity contribution in [2.24, 2.45) is 0 Å². The summed E-state index contributed by atoms with van der Waals surface area (Å²) in [6.45, 7) is 1.44. The van der Waals surface area contributed by atoms with Gasteiger partial charge in [-0.25, -0.2) is 0 Å². The molecule has 4 nitrogen and oxygen atoms in total. The molecule has 1 amide bonds. The number of aromatic hydroxyl groups is 1. The molecule has 0 radical (unpaired) electrons. The summed E-state index contributed by atoms with van der Waals surface area (Å²) in [6, 6.07) is 6.83. The summed E-state index contributed by atoms with van der Waals surface area (Å²) in [5.74, 6) is 0.312. The number of rotatable bonds is 3. The van der Waals surface area contributed by atoms with Gasteiger partial charge in [-0.05, 0) is 37.1 Å². The Balaban J connectivity index is 1.81. The average Bonchev–Trinajstić information content (AvgIpc) is 2.39.